The van der Waals surface area contributed by atoms with Gasteiger partial charge in [-0.1, -0.05) is 39.8 Å². The van der Waals surface area contributed by atoms with Crippen molar-refractivity contribution >= 4 is 11.4 Å². The number of ether oxygens (including phenoxy) is 3. The molecule has 0 radical (unpaired) electrons. The first-order chi connectivity index (χ1) is 18.2. The average molecular weight is 533 g/mol. The number of allylic oxidation sites excluding steroid dienone is 1. The van der Waals surface area contributed by atoms with E-state index in [1.54, 1.807) is 12.1 Å². The first-order valence-electron chi connectivity index (χ1n) is 12.9. The normalized spacial score (nSPS) is 17.9. The van der Waals surface area contributed by atoms with Crippen molar-refractivity contribution in [1.29, 1.82) is 0 Å². The van der Waals surface area contributed by atoms with Gasteiger partial charge in [-0.3, -0.25) is 25.0 Å². The number of hydrogen-bond acceptors (Lipinski definition) is 10. The van der Waals surface area contributed by atoms with Crippen LogP contribution in [0.4, 0.5) is 0 Å². The minimum Gasteiger partial charge on any atom is -0.496 e. The molecule has 1 aromatic carbocycles. The van der Waals surface area contributed by atoms with E-state index in [1.165, 1.54) is 19.3 Å². The first-order valence-corrected chi connectivity index (χ1v) is 12.9. The lowest BCUT2D eigenvalue weighted by Gasteiger charge is -2.30. The number of ketones is 1. The molecule has 0 aromatic heterocycles. The van der Waals surface area contributed by atoms with Crippen LogP contribution in [0.15, 0.2) is 35.6 Å². The predicted molar refractivity (Wildman–Crippen MR) is 140 cm³/mol. The molecule has 0 amide bonds. The Labute approximate surface area is 222 Å². The van der Waals surface area contributed by atoms with Crippen LogP contribution in [0.2, 0.25) is 0 Å². The minimum absolute atomic E-state index is 0.00271. The highest BCUT2D eigenvalue weighted by Crippen LogP contribution is 2.51. The van der Waals surface area contributed by atoms with Crippen molar-refractivity contribution in [2.75, 3.05) is 59.6 Å². The molecule has 12 nitrogen and oxygen atoms in total. The van der Waals surface area contributed by atoms with Crippen molar-refractivity contribution in [2.24, 2.45) is 0 Å². The number of carbonyl (C=O) groups excluding carboxylic acids is 1. The monoisotopic (exact) mass is 532 g/mol. The van der Waals surface area contributed by atoms with Crippen LogP contribution in [0.1, 0.15) is 43.6 Å². The first kappa shape index (κ1) is 29.2. The number of hydrogen-bond donors (Lipinski definition) is 0. The van der Waals surface area contributed by atoms with Gasteiger partial charge in [-0.2, -0.15) is 0 Å². The lowest BCUT2D eigenvalue weighted by molar-refractivity contribution is -0.791. The number of fused-ring (bicyclic) bond motifs is 2. The van der Waals surface area contributed by atoms with Gasteiger partial charge in [0, 0.05) is 30.3 Å². The molecule has 208 valence electrons. The molecule has 2 aliphatic rings. The van der Waals surface area contributed by atoms with Gasteiger partial charge < -0.3 is 24.0 Å². The second-order valence-electron chi connectivity index (χ2n) is 8.93. The van der Waals surface area contributed by atoms with Crippen LogP contribution in [-0.4, -0.2) is 96.8 Å². The Balaban J connectivity index is 2.10. The fourth-order valence-electron chi connectivity index (χ4n) is 5.01. The molecule has 0 fully saturated rings. The minimum atomic E-state index is -3.05. The Morgan fingerprint density at radius 2 is 1.53 bits per heavy atom. The van der Waals surface area contributed by atoms with Crippen LogP contribution in [0.5, 0.6) is 5.75 Å². The fraction of sp³-hybridized carbons (Fsp3) is 0.577. The highest BCUT2D eigenvalue weighted by molar-refractivity contribution is 6.24. The maximum atomic E-state index is 13.7. The number of likely N-dealkylation sites (N-methyl/N-ethyl adjacent to an activating group) is 2. The van der Waals surface area contributed by atoms with E-state index in [1.807, 2.05) is 32.6 Å². The number of methoxy groups -OCH3 is 1. The molecule has 0 N–H and O–H groups in total. The SMILES string of the molecule is CCN(CC)CCOc1cccc2c1C1=C(C2=O)C([N+](=O)[O-])([N+](=O)[O-])C(OCCN(CC)CC)C=C1OC. The summed E-state index contributed by atoms with van der Waals surface area (Å²) in [5.74, 6) is -0.408. The fourth-order valence-corrected chi connectivity index (χ4v) is 5.01. The summed E-state index contributed by atoms with van der Waals surface area (Å²) in [6, 6.07) is 4.72. The Morgan fingerprint density at radius 3 is 2.05 bits per heavy atom. The molecule has 1 aromatic rings. The van der Waals surface area contributed by atoms with Gasteiger partial charge in [0.15, 0.2) is 5.57 Å². The van der Waals surface area contributed by atoms with Gasteiger partial charge in [0.05, 0.1) is 19.3 Å². The Bertz CT molecular complexity index is 1110. The number of rotatable bonds is 15. The van der Waals surface area contributed by atoms with Crippen molar-refractivity contribution in [1.82, 2.24) is 9.80 Å². The molecule has 0 saturated heterocycles. The topological polar surface area (TPSA) is 138 Å². The second-order valence-corrected chi connectivity index (χ2v) is 8.93. The van der Waals surface area contributed by atoms with Crippen molar-refractivity contribution < 1.29 is 28.9 Å². The Morgan fingerprint density at radius 1 is 0.947 bits per heavy atom. The zero-order chi connectivity index (χ0) is 28.0. The van der Waals surface area contributed by atoms with E-state index in [0.717, 1.165) is 26.2 Å². The van der Waals surface area contributed by atoms with Gasteiger partial charge in [-0.15, -0.1) is 0 Å². The Hall–Kier alpha value is -3.35. The summed E-state index contributed by atoms with van der Waals surface area (Å²) >= 11 is 0. The number of nitro groups is 2. The van der Waals surface area contributed by atoms with Crippen molar-refractivity contribution in [3.8, 4) is 5.75 Å². The molecular weight excluding hydrogens is 496 g/mol. The van der Waals surface area contributed by atoms with Gasteiger partial charge in [0.2, 0.25) is 11.9 Å². The predicted octanol–water partition coefficient (Wildman–Crippen LogP) is 2.88. The maximum Gasteiger partial charge on any atom is 0.517 e. The lowest BCUT2D eigenvalue weighted by atomic mass is 9.83. The third kappa shape index (κ3) is 5.03. The van der Waals surface area contributed by atoms with E-state index in [-0.39, 0.29) is 29.1 Å². The number of benzene rings is 1. The van der Waals surface area contributed by atoms with Gasteiger partial charge in [0.1, 0.15) is 28.0 Å². The molecule has 38 heavy (non-hydrogen) atoms. The van der Waals surface area contributed by atoms with Gasteiger partial charge in [-0.25, -0.2) is 0 Å². The van der Waals surface area contributed by atoms with Crippen LogP contribution in [0, 0.1) is 20.2 Å². The highest BCUT2D eigenvalue weighted by Gasteiger charge is 2.73. The molecule has 0 bridgehead atoms. The molecule has 0 spiro atoms. The number of carbonyl (C=O) groups is 1. The smallest absolute Gasteiger partial charge is 0.496 e. The van der Waals surface area contributed by atoms with E-state index in [0.29, 0.717) is 25.4 Å². The molecule has 2 aliphatic carbocycles. The van der Waals surface area contributed by atoms with Crippen LogP contribution < -0.4 is 4.74 Å². The Kier molecular flexibility index (Phi) is 9.58. The summed E-state index contributed by atoms with van der Waals surface area (Å²) in [5, 5.41) is 25.1. The van der Waals surface area contributed by atoms with Gasteiger partial charge >= 0.3 is 5.66 Å². The maximum absolute atomic E-state index is 13.7. The summed E-state index contributed by atoms with van der Waals surface area (Å²) < 4.78 is 17.3. The third-order valence-electron chi connectivity index (χ3n) is 7.25. The number of Topliss-reactive ketones (excluding diaryl/α,β-unsaturated/α-hetero) is 1. The quantitative estimate of drug-likeness (QED) is 0.188. The van der Waals surface area contributed by atoms with Crippen LogP contribution in [-0.2, 0) is 9.47 Å². The lowest BCUT2D eigenvalue weighted by Crippen LogP contribution is -2.60. The molecule has 0 saturated carbocycles. The van der Waals surface area contributed by atoms with Crippen LogP contribution in [0.25, 0.3) is 5.57 Å². The molecule has 0 heterocycles. The van der Waals surface area contributed by atoms with Crippen molar-refractivity contribution in [3.63, 3.8) is 0 Å². The summed E-state index contributed by atoms with van der Waals surface area (Å²) in [5.41, 5.74) is -3.27. The molecular formula is C26H36N4O8. The molecule has 12 heteroatoms. The largest absolute Gasteiger partial charge is 0.517 e. The standard InChI is InChI=1S/C26H36N4O8/c1-6-27(7-2)13-15-37-19-12-10-11-18-22(19)23-20(36-5)17-21(38-16-14-28(8-3)9-4)26(29(32)33,30(34)35)24(23)25(18)31/h10-12,17,21H,6-9,13-16H2,1-5H3. The van der Waals surface area contributed by atoms with E-state index in [2.05, 4.69) is 4.90 Å². The summed E-state index contributed by atoms with van der Waals surface area (Å²) in [4.78, 5) is 40.9. The third-order valence-corrected chi connectivity index (χ3v) is 7.25. The average Bonchev–Trinajstić information content (AvgIpc) is 3.21. The zero-order valence-electron chi connectivity index (χ0n) is 22.6. The molecule has 0 aliphatic heterocycles. The molecule has 3 rings (SSSR count). The summed E-state index contributed by atoms with van der Waals surface area (Å²) in [6.45, 7) is 12.4. The van der Waals surface area contributed by atoms with Gasteiger partial charge in [-0.05, 0) is 32.2 Å². The van der Waals surface area contributed by atoms with E-state index in [4.69, 9.17) is 14.2 Å². The molecule has 1 unspecified atom stereocenters. The van der Waals surface area contributed by atoms with Crippen LogP contribution in [0.3, 0.4) is 0 Å². The van der Waals surface area contributed by atoms with E-state index >= 15 is 0 Å². The van der Waals surface area contributed by atoms with Crippen LogP contribution >= 0.6 is 0 Å². The van der Waals surface area contributed by atoms with E-state index in [9.17, 15) is 25.0 Å². The van der Waals surface area contributed by atoms with E-state index < -0.39 is 33.0 Å². The van der Waals surface area contributed by atoms with Crippen molar-refractivity contribution in [3.05, 3.63) is 67.0 Å². The van der Waals surface area contributed by atoms with Crippen molar-refractivity contribution in [2.45, 2.75) is 39.5 Å². The molecule has 1 atom stereocenters. The number of nitrogens with zero attached hydrogens (tertiary/aromatic N) is 4. The second kappa shape index (κ2) is 12.5. The zero-order valence-corrected chi connectivity index (χ0v) is 22.6. The highest BCUT2D eigenvalue weighted by atomic mass is 16.7. The summed E-state index contributed by atoms with van der Waals surface area (Å²) in [7, 11) is 1.35. The summed E-state index contributed by atoms with van der Waals surface area (Å²) in [6.07, 6.45) is -0.427. The van der Waals surface area contributed by atoms with Gasteiger partial charge in [0.25, 0.3) is 0 Å².